The minimum absolute atomic E-state index is 0.0558. The van der Waals surface area contributed by atoms with Gasteiger partial charge in [-0.2, -0.15) is 0 Å². The fourth-order valence-corrected chi connectivity index (χ4v) is 3.72. The van der Waals surface area contributed by atoms with Crippen LogP contribution in [0.25, 0.3) is 0 Å². The van der Waals surface area contributed by atoms with Crippen LogP contribution >= 0.6 is 11.8 Å². The van der Waals surface area contributed by atoms with Crippen molar-refractivity contribution in [3.8, 4) is 0 Å². The molecule has 0 spiro atoms. The molecule has 0 radical (unpaired) electrons. The van der Waals surface area contributed by atoms with Gasteiger partial charge >= 0.3 is 0 Å². The third-order valence-electron chi connectivity index (χ3n) is 4.46. The summed E-state index contributed by atoms with van der Waals surface area (Å²) in [6.07, 6.45) is 0. The van der Waals surface area contributed by atoms with Crippen molar-refractivity contribution in [1.29, 1.82) is 0 Å². The molecule has 1 aromatic carbocycles. The number of carbonyl (C=O) groups is 2. The maximum absolute atomic E-state index is 12.4. The highest BCUT2D eigenvalue weighted by atomic mass is 32.2. The van der Waals surface area contributed by atoms with Crippen LogP contribution in [-0.2, 0) is 14.3 Å². The number of hydrogen-bond acceptors (Lipinski definition) is 4. The minimum Gasteiger partial charge on any atom is -0.378 e. The normalized spacial score (nSPS) is 14.8. The molecule has 1 aliphatic heterocycles. The van der Waals surface area contributed by atoms with E-state index in [1.165, 1.54) is 11.8 Å². The quantitative estimate of drug-likeness (QED) is 0.789. The molecular weight excluding hydrogens is 348 g/mol. The SMILES string of the molecule is CC(C)c1cccc(C(C)C)c1NC(=O)CSCC(=O)N1CCOCC1. The first kappa shape index (κ1) is 20.8. The van der Waals surface area contributed by atoms with Crippen LogP contribution < -0.4 is 5.32 Å². The average molecular weight is 379 g/mol. The number of amides is 2. The number of anilines is 1. The molecule has 6 heteroatoms. The van der Waals surface area contributed by atoms with Gasteiger partial charge in [-0.3, -0.25) is 9.59 Å². The molecule has 0 saturated carbocycles. The van der Waals surface area contributed by atoms with Gasteiger partial charge in [0.1, 0.15) is 0 Å². The van der Waals surface area contributed by atoms with Crippen LogP contribution in [0.2, 0.25) is 0 Å². The van der Waals surface area contributed by atoms with Crippen LogP contribution in [0.1, 0.15) is 50.7 Å². The van der Waals surface area contributed by atoms with Crippen molar-refractivity contribution < 1.29 is 14.3 Å². The number of morpholine rings is 1. The van der Waals surface area contributed by atoms with E-state index in [0.717, 1.165) is 16.8 Å². The summed E-state index contributed by atoms with van der Waals surface area (Å²) in [5, 5.41) is 3.09. The third-order valence-corrected chi connectivity index (χ3v) is 5.38. The van der Waals surface area contributed by atoms with Crippen LogP contribution in [0.4, 0.5) is 5.69 Å². The van der Waals surface area contributed by atoms with Gasteiger partial charge in [-0.15, -0.1) is 11.8 Å². The van der Waals surface area contributed by atoms with Gasteiger partial charge in [0, 0.05) is 18.8 Å². The zero-order valence-corrected chi connectivity index (χ0v) is 17.0. The fraction of sp³-hybridized carbons (Fsp3) is 0.600. The zero-order chi connectivity index (χ0) is 19.1. The summed E-state index contributed by atoms with van der Waals surface area (Å²) in [4.78, 5) is 26.4. The number of carbonyl (C=O) groups excluding carboxylic acids is 2. The zero-order valence-electron chi connectivity index (χ0n) is 16.2. The summed E-state index contributed by atoms with van der Waals surface area (Å²) in [6.45, 7) is 11.0. The van der Waals surface area contributed by atoms with E-state index in [1.54, 1.807) is 4.90 Å². The fourth-order valence-electron chi connectivity index (χ4n) is 3.01. The molecule has 1 aliphatic rings. The second kappa shape index (κ2) is 9.97. The molecule has 5 nitrogen and oxygen atoms in total. The first-order valence-corrected chi connectivity index (χ1v) is 10.4. The molecule has 0 aromatic heterocycles. The van der Waals surface area contributed by atoms with Gasteiger partial charge in [0.2, 0.25) is 11.8 Å². The molecule has 0 bridgehead atoms. The van der Waals surface area contributed by atoms with Crippen LogP contribution in [0.5, 0.6) is 0 Å². The summed E-state index contributed by atoms with van der Waals surface area (Å²) < 4.78 is 5.26. The van der Waals surface area contributed by atoms with Crippen LogP contribution in [-0.4, -0.2) is 54.5 Å². The lowest BCUT2D eigenvalue weighted by Gasteiger charge is -2.26. The van der Waals surface area contributed by atoms with E-state index in [2.05, 4.69) is 51.2 Å². The van der Waals surface area contributed by atoms with E-state index in [0.29, 0.717) is 43.9 Å². The van der Waals surface area contributed by atoms with Gasteiger partial charge in [0.05, 0.1) is 24.7 Å². The van der Waals surface area contributed by atoms with Crippen molar-refractivity contribution in [3.05, 3.63) is 29.3 Å². The number of nitrogens with zero attached hydrogens (tertiary/aromatic N) is 1. The largest absolute Gasteiger partial charge is 0.378 e. The minimum atomic E-state index is -0.0558. The number of hydrogen-bond donors (Lipinski definition) is 1. The Bertz CT molecular complexity index is 599. The number of benzene rings is 1. The van der Waals surface area contributed by atoms with Gasteiger partial charge in [-0.1, -0.05) is 45.9 Å². The lowest BCUT2D eigenvalue weighted by Crippen LogP contribution is -2.41. The molecule has 1 fully saturated rings. The van der Waals surface area contributed by atoms with E-state index >= 15 is 0 Å². The van der Waals surface area contributed by atoms with E-state index in [-0.39, 0.29) is 17.6 Å². The topological polar surface area (TPSA) is 58.6 Å². The Hall–Kier alpha value is -1.53. The van der Waals surface area contributed by atoms with Gasteiger partial charge in [-0.05, 0) is 23.0 Å². The molecule has 1 aromatic rings. The highest BCUT2D eigenvalue weighted by Gasteiger charge is 2.18. The summed E-state index contributed by atoms with van der Waals surface area (Å²) in [6, 6.07) is 6.19. The molecule has 2 amide bonds. The van der Waals surface area contributed by atoms with Gasteiger partial charge in [0.15, 0.2) is 0 Å². The Balaban J connectivity index is 1.92. The third kappa shape index (κ3) is 5.74. The molecule has 26 heavy (non-hydrogen) atoms. The highest BCUT2D eigenvalue weighted by Crippen LogP contribution is 2.32. The maximum Gasteiger partial charge on any atom is 0.234 e. The molecule has 144 valence electrons. The molecule has 2 rings (SSSR count). The van der Waals surface area contributed by atoms with Crippen molar-refractivity contribution in [2.45, 2.75) is 39.5 Å². The highest BCUT2D eigenvalue weighted by molar-refractivity contribution is 8.00. The first-order valence-electron chi connectivity index (χ1n) is 9.26. The Kier molecular flexibility index (Phi) is 7.97. The lowest BCUT2D eigenvalue weighted by atomic mass is 9.92. The average Bonchev–Trinajstić information content (AvgIpc) is 2.62. The molecule has 1 saturated heterocycles. The van der Waals surface area contributed by atoms with Crippen molar-refractivity contribution in [2.75, 3.05) is 43.1 Å². The Morgan fingerprint density at radius 1 is 1.08 bits per heavy atom. The number of thioether (sulfide) groups is 1. The number of para-hydroxylation sites is 1. The molecule has 0 atom stereocenters. The molecule has 0 aliphatic carbocycles. The Morgan fingerprint density at radius 3 is 2.19 bits per heavy atom. The van der Waals surface area contributed by atoms with Gasteiger partial charge in [-0.25, -0.2) is 0 Å². The molecule has 1 heterocycles. The summed E-state index contributed by atoms with van der Waals surface area (Å²) in [7, 11) is 0. The van der Waals surface area contributed by atoms with Crippen LogP contribution in [0.3, 0.4) is 0 Å². The van der Waals surface area contributed by atoms with E-state index in [9.17, 15) is 9.59 Å². The van der Waals surface area contributed by atoms with Gasteiger partial charge < -0.3 is 15.0 Å². The number of nitrogens with one attached hydrogen (secondary N) is 1. The predicted octanol–water partition coefficient (Wildman–Crippen LogP) is 3.46. The first-order chi connectivity index (χ1) is 12.4. The smallest absolute Gasteiger partial charge is 0.234 e. The molecule has 1 N–H and O–H groups in total. The summed E-state index contributed by atoms with van der Waals surface area (Å²) in [5.74, 6) is 1.30. The Labute approximate surface area is 160 Å². The van der Waals surface area contributed by atoms with Crippen molar-refractivity contribution in [1.82, 2.24) is 4.90 Å². The Morgan fingerprint density at radius 2 is 1.65 bits per heavy atom. The maximum atomic E-state index is 12.4. The van der Waals surface area contributed by atoms with Crippen molar-refractivity contribution in [2.24, 2.45) is 0 Å². The summed E-state index contributed by atoms with van der Waals surface area (Å²) in [5.41, 5.74) is 3.24. The summed E-state index contributed by atoms with van der Waals surface area (Å²) >= 11 is 1.37. The predicted molar refractivity (Wildman–Crippen MR) is 108 cm³/mol. The second-order valence-corrected chi connectivity index (χ2v) is 8.14. The molecular formula is C20H30N2O3S. The van der Waals surface area contributed by atoms with Crippen LogP contribution in [0.15, 0.2) is 18.2 Å². The second-order valence-electron chi connectivity index (χ2n) is 7.16. The van der Waals surface area contributed by atoms with Crippen LogP contribution in [0, 0.1) is 0 Å². The lowest BCUT2D eigenvalue weighted by molar-refractivity contribution is -0.132. The van der Waals surface area contributed by atoms with E-state index in [4.69, 9.17) is 4.74 Å². The van der Waals surface area contributed by atoms with E-state index < -0.39 is 0 Å². The number of ether oxygens (including phenoxy) is 1. The number of rotatable bonds is 7. The van der Waals surface area contributed by atoms with E-state index in [1.807, 2.05) is 0 Å². The standard InChI is InChI=1S/C20H30N2O3S/c1-14(2)16-6-5-7-17(15(3)4)20(16)21-18(23)12-26-13-19(24)22-8-10-25-11-9-22/h5-7,14-15H,8-13H2,1-4H3,(H,21,23). The van der Waals surface area contributed by atoms with Crippen molar-refractivity contribution >= 4 is 29.3 Å². The van der Waals surface area contributed by atoms with Gasteiger partial charge in [0.25, 0.3) is 0 Å². The molecule has 0 unspecified atom stereocenters. The van der Waals surface area contributed by atoms with Crippen molar-refractivity contribution in [3.63, 3.8) is 0 Å². The monoisotopic (exact) mass is 378 g/mol.